The standard InChI is InChI=1S/C15H24O5/c1-14(2)7-19-15(20-8-14)5-9-4-11(16)12(10(9)6-15)13(17)18-3/h9-12,16H,4-8H2,1-3H3/t9-,10+,11+,12?/m0/s1. The summed E-state index contributed by atoms with van der Waals surface area (Å²) >= 11 is 0. The van der Waals surface area contributed by atoms with Crippen LogP contribution in [-0.4, -0.2) is 43.3 Å². The number of carbonyl (C=O) groups excluding carboxylic acids is 1. The number of hydrogen-bond donors (Lipinski definition) is 1. The average molecular weight is 284 g/mol. The Bertz CT molecular complexity index is 395. The van der Waals surface area contributed by atoms with Crippen molar-refractivity contribution in [3.05, 3.63) is 0 Å². The van der Waals surface area contributed by atoms with Crippen LogP contribution in [0.1, 0.15) is 33.1 Å². The lowest BCUT2D eigenvalue weighted by molar-refractivity contribution is -0.298. The molecule has 1 unspecified atom stereocenters. The Morgan fingerprint density at radius 3 is 2.50 bits per heavy atom. The highest BCUT2D eigenvalue weighted by Gasteiger charge is 2.59. The highest BCUT2D eigenvalue weighted by atomic mass is 16.7. The van der Waals surface area contributed by atoms with Crippen LogP contribution in [0.3, 0.4) is 0 Å². The first-order chi connectivity index (χ1) is 9.36. The zero-order chi connectivity index (χ0) is 14.5. The summed E-state index contributed by atoms with van der Waals surface area (Å²) in [5, 5.41) is 10.1. The van der Waals surface area contributed by atoms with Crippen LogP contribution in [0.15, 0.2) is 0 Å². The summed E-state index contributed by atoms with van der Waals surface area (Å²) in [5.41, 5.74) is 0.0458. The number of esters is 1. The normalized spacial score (nSPS) is 41.6. The maximum atomic E-state index is 11.9. The molecule has 3 rings (SSSR count). The summed E-state index contributed by atoms with van der Waals surface area (Å²) in [6.45, 7) is 5.60. The lowest BCUT2D eigenvalue weighted by Gasteiger charge is -2.42. The second kappa shape index (κ2) is 4.68. The van der Waals surface area contributed by atoms with Crippen molar-refractivity contribution in [2.75, 3.05) is 20.3 Å². The Morgan fingerprint density at radius 2 is 1.90 bits per heavy atom. The molecule has 20 heavy (non-hydrogen) atoms. The first kappa shape index (κ1) is 14.3. The molecule has 1 heterocycles. The Kier molecular flexibility index (Phi) is 3.35. The monoisotopic (exact) mass is 284 g/mol. The molecule has 0 bridgehead atoms. The number of rotatable bonds is 1. The molecule has 5 heteroatoms. The third kappa shape index (κ3) is 2.26. The van der Waals surface area contributed by atoms with Crippen molar-refractivity contribution < 1.29 is 24.1 Å². The fourth-order valence-electron chi connectivity index (χ4n) is 4.02. The number of fused-ring (bicyclic) bond motifs is 1. The van der Waals surface area contributed by atoms with Gasteiger partial charge in [0.25, 0.3) is 0 Å². The van der Waals surface area contributed by atoms with E-state index in [1.165, 1.54) is 7.11 Å². The zero-order valence-corrected chi connectivity index (χ0v) is 12.4. The van der Waals surface area contributed by atoms with E-state index in [1.807, 2.05) is 0 Å². The third-order valence-electron chi connectivity index (χ3n) is 5.07. The minimum atomic E-state index is -0.588. The molecule has 0 amide bonds. The molecule has 1 aliphatic heterocycles. The van der Waals surface area contributed by atoms with E-state index < -0.39 is 17.8 Å². The van der Waals surface area contributed by atoms with E-state index in [-0.39, 0.29) is 23.2 Å². The van der Waals surface area contributed by atoms with E-state index in [4.69, 9.17) is 14.2 Å². The Hall–Kier alpha value is -0.650. The van der Waals surface area contributed by atoms with Gasteiger partial charge in [-0.1, -0.05) is 13.8 Å². The molecule has 1 spiro atoms. The summed E-state index contributed by atoms with van der Waals surface area (Å²) in [4.78, 5) is 11.9. The van der Waals surface area contributed by atoms with Gasteiger partial charge in [-0.05, 0) is 18.3 Å². The van der Waals surface area contributed by atoms with E-state index in [2.05, 4.69) is 13.8 Å². The van der Waals surface area contributed by atoms with Gasteiger partial charge in [-0.2, -0.15) is 0 Å². The van der Waals surface area contributed by atoms with Gasteiger partial charge >= 0.3 is 5.97 Å². The van der Waals surface area contributed by atoms with Gasteiger partial charge in [0.15, 0.2) is 5.79 Å². The van der Waals surface area contributed by atoms with Gasteiger partial charge in [0, 0.05) is 18.3 Å². The molecule has 0 aromatic carbocycles. The molecule has 1 N–H and O–H groups in total. The van der Waals surface area contributed by atoms with Crippen LogP contribution in [0.25, 0.3) is 0 Å². The Balaban J connectivity index is 1.73. The lowest BCUT2D eigenvalue weighted by atomic mass is 9.90. The fourth-order valence-corrected chi connectivity index (χ4v) is 4.02. The fraction of sp³-hybridized carbons (Fsp3) is 0.933. The minimum absolute atomic E-state index is 0.0458. The molecule has 0 radical (unpaired) electrons. The van der Waals surface area contributed by atoms with Crippen molar-refractivity contribution >= 4 is 5.97 Å². The van der Waals surface area contributed by atoms with Gasteiger partial charge in [0.2, 0.25) is 0 Å². The molecule has 114 valence electrons. The van der Waals surface area contributed by atoms with E-state index in [1.54, 1.807) is 0 Å². The van der Waals surface area contributed by atoms with E-state index in [0.717, 1.165) is 6.42 Å². The summed E-state index contributed by atoms with van der Waals surface area (Å²) < 4.78 is 16.9. The third-order valence-corrected chi connectivity index (χ3v) is 5.07. The van der Waals surface area contributed by atoms with Crippen LogP contribution in [0.2, 0.25) is 0 Å². The quantitative estimate of drug-likeness (QED) is 0.736. The molecule has 2 aliphatic carbocycles. The number of methoxy groups -OCH3 is 1. The van der Waals surface area contributed by atoms with E-state index in [9.17, 15) is 9.90 Å². The highest BCUT2D eigenvalue weighted by molar-refractivity contribution is 5.74. The SMILES string of the molecule is COC(=O)C1[C@H](O)C[C@H]2CC3(C[C@@H]12)OCC(C)(C)CO3. The Labute approximate surface area is 119 Å². The molecule has 5 nitrogen and oxygen atoms in total. The molecular weight excluding hydrogens is 260 g/mol. The minimum Gasteiger partial charge on any atom is -0.469 e. The Morgan fingerprint density at radius 1 is 1.25 bits per heavy atom. The van der Waals surface area contributed by atoms with Gasteiger partial charge in [0.1, 0.15) is 0 Å². The van der Waals surface area contributed by atoms with E-state index >= 15 is 0 Å². The molecular formula is C15H24O5. The number of ether oxygens (including phenoxy) is 3. The molecule has 0 aromatic rings. The second-order valence-corrected chi connectivity index (χ2v) is 7.34. The molecule has 3 fully saturated rings. The topological polar surface area (TPSA) is 65.0 Å². The van der Waals surface area contributed by atoms with Gasteiger partial charge in [-0.25, -0.2) is 0 Å². The van der Waals surface area contributed by atoms with Crippen molar-refractivity contribution in [3.8, 4) is 0 Å². The number of aliphatic hydroxyl groups excluding tert-OH is 1. The van der Waals surface area contributed by atoms with Crippen molar-refractivity contribution in [1.82, 2.24) is 0 Å². The summed E-state index contributed by atoms with van der Waals surface area (Å²) in [5.74, 6) is -0.879. The first-order valence-electron chi connectivity index (χ1n) is 7.40. The number of carbonyl (C=O) groups is 1. The predicted octanol–water partition coefficient (Wildman–Crippen LogP) is 1.34. The maximum absolute atomic E-state index is 11.9. The van der Waals surface area contributed by atoms with Crippen LogP contribution < -0.4 is 0 Å². The van der Waals surface area contributed by atoms with Gasteiger partial charge < -0.3 is 19.3 Å². The highest BCUT2D eigenvalue weighted by Crippen LogP contribution is 2.55. The molecule has 4 atom stereocenters. The van der Waals surface area contributed by atoms with Crippen molar-refractivity contribution in [2.45, 2.75) is 45.0 Å². The molecule has 0 aromatic heterocycles. The largest absolute Gasteiger partial charge is 0.469 e. The van der Waals surface area contributed by atoms with Crippen molar-refractivity contribution in [1.29, 1.82) is 0 Å². The van der Waals surface area contributed by atoms with Crippen LogP contribution in [0.5, 0.6) is 0 Å². The summed E-state index contributed by atoms with van der Waals surface area (Å²) in [7, 11) is 1.38. The van der Waals surface area contributed by atoms with Crippen LogP contribution in [0.4, 0.5) is 0 Å². The molecule has 1 saturated heterocycles. The molecule has 2 saturated carbocycles. The van der Waals surface area contributed by atoms with Crippen LogP contribution in [-0.2, 0) is 19.0 Å². The maximum Gasteiger partial charge on any atom is 0.311 e. The first-order valence-corrected chi connectivity index (χ1v) is 7.40. The van der Waals surface area contributed by atoms with Gasteiger partial charge in [-0.15, -0.1) is 0 Å². The van der Waals surface area contributed by atoms with E-state index in [0.29, 0.717) is 26.1 Å². The van der Waals surface area contributed by atoms with Gasteiger partial charge in [0.05, 0.1) is 32.3 Å². The second-order valence-electron chi connectivity index (χ2n) is 7.34. The smallest absolute Gasteiger partial charge is 0.311 e. The molecule has 3 aliphatic rings. The van der Waals surface area contributed by atoms with Crippen molar-refractivity contribution in [2.24, 2.45) is 23.2 Å². The van der Waals surface area contributed by atoms with Crippen molar-refractivity contribution in [3.63, 3.8) is 0 Å². The zero-order valence-electron chi connectivity index (χ0n) is 12.4. The van der Waals surface area contributed by atoms with Gasteiger partial charge in [-0.3, -0.25) is 4.79 Å². The number of hydrogen-bond acceptors (Lipinski definition) is 5. The summed E-state index contributed by atoms with van der Waals surface area (Å²) in [6.07, 6.45) is 1.51. The van der Waals surface area contributed by atoms with Crippen LogP contribution in [0, 0.1) is 23.2 Å². The summed E-state index contributed by atoms with van der Waals surface area (Å²) in [6, 6.07) is 0. The predicted molar refractivity (Wildman–Crippen MR) is 70.8 cm³/mol. The lowest BCUT2D eigenvalue weighted by Crippen LogP contribution is -2.47. The van der Waals surface area contributed by atoms with Crippen LogP contribution >= 0.6 is 0 Å². The number of aliphatic hydroxyl groups is 1. The average Bonchev–Trinajstić information content (AvgIpc) is 2.86.